The molecule has 0 amide bonds. The third-order valence-corrected chi connectivity index (χ3v) is 8.63. The van der Waals surface area contributed by atoms with Gasteiger partial charge >= 0.3 is 0 Å². The Bertz CT molecular complexity index is 351. The highest BCUT2D eigenvalue weighted by atomic mass is 14.4. The normalized spacial score (nSPS) is 45.9. The summed E-state index contributed by atoms with van der Waals surface area (Å²) in [7, 11) is 0. The molecule has 0 heteroatoms. The molecule has 5 aliphatic carbocycles. The van der Waals surface area contributed by atoms with Crippen molar-refractivity contribution in [1.29, 1.82) is 0 Å². The van der Waals surface area contributed by atoms with Gasteiger partial charge in [0, 0.05) is 0 Å². The van der Waals surface area contributed by atoms with Crippen molar-refractivity contribution in [1.82, 2.24) is 0 Å². The molecule has 4 unspecified atom stereocenters. The van der Waals surface area contributed by atoms with Gasteiger partial charge in [-0.15, -0.1) is 0 Å². The Kier molecular flexibility index (Phi) is 5.67. The quantitative estimate of drug-likeness (QED) is 0.437. The summed E-state index contributed by atoms with van der Waals surface area (Å²) >= 11 is 0. The monoisotopic (exact) mass is 316 g/mol. The van der Waals surface area contributed by atoms with Gasteiger partial charge < -0.3 is 0 Å². The predicted molar refractivity (Wildman–Crippen MR) is 99.4 cm³/mol. The van der Waals surface area contributed by atoms with Crippen LogP contribution < -0.4 is 0 Å². The molecule has 0 aromatic carbocycles. The van der Waals surface area contributed by atoms with Crippen molar-refractivity contribution in [2.75, 3.05) is 0 Å². The molecule has 23 heavy (non-hydrogen) atoms. The van der Waals surface area contributed by atoms with E-state index in [-0.39, 0.29) is 0 Å². The van der Waals surface area contributed by atoms with Gasteiger partial charge in [0.15, 0.2) is 0 Å². The Labute approximate surface area is 145 Å². The molecule has 0 saturated heterocycles. The zero-order valence-electron chi connectivity index (χ0n) is 15.5. The smallest absolute Gasteiger partial charge is 0.0357 e. The Morgan fingerprint density at radius 1 is 0.304 bits per heavy atom. The molecule has 0 nitrogen and oxygen atoms in total. The minimum Gasteiger partial charge on any atom is -0.0530 e. The molecule has 0 aliphatic heterocycles. The fourth-order valence-corrected chi connectivity index (χ4v) is 7.26. The Balaban J connectivity index is 1.46. The first-order valence-electron chi connectivity index (χ1n) is 11.4. The van der Waals surface area contributed by atoms with E-state index in [1.54, 1.807) is 109 Å². The van der Waals surface area contributed by atoms with Crippen LogP contribution in [0.5, 0.6) is 0 Å². The van der Waals surface area contributed by atoms with Gasteiger partial charge in [0.2, 0.25) is 0 Å². The van der Waals surface area contributed by atoms with E-state index in [1.807, 2.05) is 0 Å². The van der Waals surface area contributed by atoms with Crippen LogP contribution >= 0.6 is 0 Å². The second-order valence-electron chi connectivity index (χ2n) is 9.80. The molecular weight excluding hydrogens is 276 g/mol. The van der Waals surface area contributed by atoms with Crippen LogP contribution in [0, 0.1) is 35.5 Å². The lowest BCUT2D eigenvalue weighted by atomic mass is 9.65. The van der Waals surface area contributed by atoms with E-state index in [2.05, 4.69) is 0 Å². The van der Waals surface area contributed by atoms with Gasteiger partial charge in [0.1, 0.15) is 0 Å². The van der Waals surface area contributed by atoms with Gasteiger partial charge in [-0.2, -0.15) is 0 Å². The summed E-state index contributed by atoms with van der Waals surface area (Å²) in [5, 5.41) is 0. The molecule has 4 atom stereocenters. The van der Waals surface area contributed by atoms with E-state index in [1.165, 1.54) is 0 Å². The maximum absolute atomic E-state index is 1.60. The van der Waals surface area contributed by atoms with Crippen molar-refractivity contribution < 1.29 is 0 Å². The van der Waals surface area contributed by atoms with Crippen molar-refractivity contribution in [2.45, 2.75) is 109 Å². The van der Waals surface area contributed by atoms with Crippen LogP contribution in [0.15, 0.2) is 0 Å². The zero-order valence-corrected chi connectivity index (χ0v) is 15.5. The number of rotatable bonds is 0. The molecule has 132 valence electrons. The van der Waals surface area contributed by atoms with Crippen molar-refractivity contribution in [2.24, 2.45) is 35.5 Å². The van der Waals surface area contributed by atoms with E-state index < -0.39 is 0 Å². The highest BCUT2D eigenvalue weighted by Gasteiger charge is 2.35. The van der Waals surface area contributed by atoms with Gasteiger partial charge in [-0.3, -0.25) is 0 Å². The van der Waals surface area contributed by atoms with Crippen LogP contribution in [0.25, 0.3) is 0 Å². The molecule has 0 radical (unpaired) electrons. The van der Waals surface area contributed by atoms with Gasteiger partial charge in [0.25, 0.3) is 0 Å². The maximum atomic E-state index is 1.60. The third kappa shape index (κ3) is 3.98. The van der Waals surface area contributed by atoms with Gasteiger partial charge in [-0.05, 0) is 61.2 Å². The summed E-state index contributed by atoms with van der Waals surface area (Å²) in [5.74, 6) is 6.71. The van der Waals surface area contributed by atoms with Crippen LogP contribution in [0.4, 0.5) is 0 Å². The molecule has 5 rings (SSSR count). The maximum Gasteiger partial charge on any atom is -0.0357 e. The van der Waals surface area contributed by atoms with Crippen molar-refractivity contribution >= 4 is 0 Å². The lowest BCUT2D eigenvalue weighted by Crippen LogP contribution is -2.30. The topological polar surface area (TPSA) is 0 Å². The van der Waals surface area contributed by atoms with Crippen LogP contribution in [0.2, 0.25) is 0 Å². The Hall–Kier alpha value is 0. The number of hydrogen-bond donors (Lipinski definition) is 0. The van der Waals surface area contributed by atoms with Crippen LogP contribution in [0.1, 0.15) is 109 Å². The number of hydrogen-bond acceptors (Lipinski definition) is 0. The standard InChI is InChI=1S/C23H40/c1-2-7-20-15-12-18-13-16-22(17-14-18)23-11-4-3-8-21(23)10-5-9-19(20)6-1/h18-23H,1-17H2. The largest absolute Gasteiger partial charge is 0.0530 e. The summed E-state index contributed by atoms with van der Waals surface area (Å²) in [6.07, 6.45) is 26.8. The first kappa shape index (κ1) is 16.5. The summed E-state index contributed by atoms with van der Waals surface area (Å²) in [6, 6.07) is 0. The van der Waals surface area contributed by atoms with E-state index in [9.17, 15) is 0 Å². The average molecular weight is 317 g/mol. The fourth-order valence-electron chi connectivity index (χ4n) is 7.26. The molecule has 0 heterocycles. The predicted octanol–water partition coefficient (Wildman–Crippen LogP) is 7.37. The first-order chi connectivity index (χ1) is 11.4. The second kappa shape index (κ2) is 7.92. The summed E-state index contributed by atoms with van der Waals surface area (Å²) < 4.78 is 0. The summed E-state index contributed by atoms with van der Waals surface area (Å²) in [6.45, 7) is 0. The van der Waals surface area contributed by atoms with Gasteiger partial charge in [-0.1, -0.05) is 83.5 Å². The molecule has 2 bridgehead atoms. The van der Waals surface area contributed by atoms with Crippen molar-refractivity contribution in [3.63, 3.8) is 0 Å². The fraction of sp³-hybridized carbons (Fsp3) is 1.00. The van der Waals surface area contributed by atoms with Gasteiger partial charge in [-0.25, -0.2) is 0 Å². The van der Waals surface area contributed by atoms with Gasteiger partial charge in [0.05, 0.1) is 0 Å². The Morgan fingerprint density at radius 2 is 0.739 bits per heavy atom. The third-order valence-electron chi connectivity index (χ3n) is 8.63. The molecular formula is C23H40. The highest BCUT2D eigenvalue weighted by Crippen LogP contribution is 2.47. The summed E-state index contributed by atoms with van der Waals surface area (Å²) in [5.41, 5.74) is 0. The minimum atomic E-state index is 1.11. The molecule has 5 saturated carbocycles. The van der Waals surface area contributed by atoms with E-state index in [4.69, 9.17) is 0 Å². The van der Waals surface area contributed by atoms with Crippen molar-refractivity contribution in [3.8, 4) is 0 Å². The SMILES string of the molecule is C1CCC2CCC3CCC(CC3)C3CCCCC3CCCC2C1. The molecule has 0 spiro atoms. The lowest BCUT2D eigenvalue weighted by Gasteiger charge is -2.40. The first-order valence-corrected chi connectivity index (χ1v) is 11.4. The van der Waals surface area contributed by atoms with E-state index >= 15 is 0 Å². The number of fused-ring (bicyclic) bond motifs is 5. The van der Waals surface area contributed by atoms with Crippen LogP contribution in [-0.2, 0) is 0 Å². The highest BCUT2D eigenvalue weighted by molar-refractivity contribution is 4.86. The molecule has 0 aromatic rings. The second-order valence-corrected chi connectivity index (χ2v) is 9.80. The zero-order chi connectivity index (χ0) is 15.5. The molecule has 5 aliphatic rings. The van der Waals surface area contributed by atoms with Crippen LogP contribution in [-0.4, -0.2) is 0 Å². The van der Waals surface area contributed by atoms with Crippen molar-refractivity contribution in [3.05, 3.63) is 0 Å². The minimum absolute atomic E-state index is 1.11. The summed E-state index contributed by atoms with van der Waals surface area (Å²) in [4.78, 5) is 0. The van der Waals surface area contributed by atoms with E-state index in [0.717, 1.165) is 35.5 Å². The molecule has 0 aromatic heterocycles. The van der Waals surface area contributed by atoms with E-state index in [0.29, 0.717) is 0 Å². The Morgan fingerprint density at radius 3 is 1.48 bits per heavy atom. The average Bonchev–Trinajstić information content (AvgIpc) is 2.63. The van der Waals surface area contributed by atoms with Crippen LogP contribution in [0.3, 0.4) is 0 Å². The molecule has 0 N–H and O–H groups in total. The molecule has 5 fully saturated rings. The lowest BCUT2D eigenvalue weighted by molar-refractivity contribution is 0.104.